The highest BCUT2D eigenvalue weighted by atomic mass is 35.5. The highest BCUT2D eigenvalue weighted by Crippen LogP contribution is 2.37. The van der Waals surface area contributed by atoms with E-state index in [0.717, 1.165) is 11.3 Å². The SMILES string of the molecule is CC(=O)OC(=O)C(c1ccc(Nc2c(Cl)cccc2Cl)cc1)C(C)(C)C. The highest BCUT2D eigenvalue weighted by Gasteiger charge is 2.34. The van der Waals surface area contributed by atoms with Gasteiger partial charge in [-0.05, 0) is 35.2 Å². The number of benzene rings is 2. The lowest BCUT2D eigenvalue weighted by atomic mass is 9.76. The van der Waals surface area contributed by atoms with Gasteiger partial charge in [-0.15, -0.1) is 0 Å². The van der Waals surface area contributed by atoms with Crippen LogP contribution in [0.4, 0.5) is 11.4 Å². The topological polar surface area (TPSA) is 55.4 Å². The molecule has 0 bridgehead atoms. The maximum Gasteiger partial charge on any atom is 0.321 e. The first kappa shape index (κ1) is 20.3. The van der Waals surface area contributed by atoms with Crippen LogP contribution >= 0.6 is 23.2 Å². The molecular weight excluding hydrogens is 373 g/mol. The van der Waals surface area contributed by atoms with E-state index in [2.05, 4.69) is 5.32 Å². The highest BCUT2D eigenvalue weighted by molar-refractivity contribution is 6.39. The van der Waals surface area contributed by atoms with Crippen LogP contribution in [0, 0.1) is 5.41 Å². The zero-order valence-corrected chi connectivity index (χ0v) is 16.6. The predicted molar refractivity (Wildman–Crippen MR) is 105 cm³/mol. The quantitative estimate of drug-likeness (QED) is 0.514. The molecule has 0 spiro atoms. The van der Waals surface area contributed by atoms with E-state index in [-0.39, 0.29) is 0 Å². The minimum atomic E-state index is -0.615. The van der Waals surface area contributed by atoms with Crippen molar-refractivity contribution in [3.63, 3.8) is 0 Å². The van der Waals surface area contributed by atoms with Crippen LogP contribution in [0.15, 0.2) is 42.5 Å². The van der Waals surface area contributed by atoms with Crippen molar-refractivity contribution in [3.8, 4) is 0 Å². The van der Waals surface area contributed by atoms with Crippen molar-refractivity contribution < 1.29 is 14.3 Å². The van der Waals surface area contributed by atoms with E-state index in [1.54, 1.807) is 18.2 Å². The van der Waals surface area contributed by atoms with Gasteiger partial charge >= 0.3 is 11.9 Å². The molecule has 6 heteroatoms. The lowest BCUT2D eigenvalue weighted by Crippen LogP contribution is -2.29. The standard InChI is InChI=1S/C20H21Cl2NO3/c1-12(24)26-19(25)17(20(2,3)4)13-8-10-14(11-9-13)23-18-15(21)6-5-7-16(18)22/h5-11,17,23H,1-4H3. The fourth-order valence-electron chi connectivity index (χ4n) is 2.71. The Kier molecular flexibility index (Phi) is 6.32. The zero-order valence-electron chi connectivity index (χ0n) is 15.1. The van der Waals surface area contributed by atoms with Crippen molar-refractivity contribution in [3.05, 3.63) is 58.1 Å². The van der Waals surface area contributed by atoms with Gasteiger partial charge in [-0.2, -0.15) is 0 Å². The number of nitrogens with one attached hydrogen (secondary N) is 1. The van der Waals surface area contributed by atoms with Crippen molar-refractivity contribution in [2.75, 3.05) is 5.32 Å². The fraction of sp³-hybridized carbons (Fsp3) is 0.300. The van der Waals surface area contributed by atoms with E-state index in [9.17, 15) is 9.59 Å². The number of ether oxygens (including phenoxy) is 1. The molecule has 2 rings (SSSR count). The summed E-state index contributed by atoms with van der Waals surface area (Å²) in [4.78, 5) is 23.5. The van der Waals surface area contributed by atoms with Crippen LogP contribution in [0.25, 0.3) is 0 Å². The Labute approximate surface area is 163 Å². The van der Waals surface area contributed by atoms with Gasteiger partial charge in [-0.25, -0.2) is 0 Å². The van der Waals surface area contributed by atoms with Crippen LogP contribution in [-0.2, 0) is 14.3 Å². The van der Waals surface area contributed by atoms with E-state index in [1.807, 2.05) is 45.0 Å². The Hall–Kier alpha value is -2.04. The Bertz CT molecular complexity index is 791. The third kappa shape index (κ3) is 4.99. The van der Waals surface area contributed by atoms with E-state index in [1.165, 1.54) is 6.92 Å². The third-order valence-corrected chi connectivity index (χ3v) is 4.45. The van der Waals surface area contributed by atoms with Gasteiger partial charge in [-0.3, -0.25) is 9.59 Å². The van der Waals surface area contributed by atoms with Gasteiger partial charge in [0, 0.05) is 12.6 Å². The van der Waals surface area contributed by atoms with Crippen LogP contribution in [0.5, 0.6) is 0 Å². The lowest BCUT2D eigenvalue weighted by molar-refractivity contribution is -0.160. The van der Waals surface area contributed by atoms with Crippen LogP contribution < -0.4 is 5.32 Å². The maximum absolute atomic E-state index is 12.4. The summed E-state index contributed by atoms with van der Waals surface area (Å²) in [6, 6.07) is 12.6. The van der Waals surface area contributed by atoms with Crippen molar-refractivity contribution in [1.82, 2.24) is 0 Å². The molecule has 0 aliphatic heterocycles. The number of hydrogen-bond donors (Lipinski definition) is 1. The smallest absolute Gasteiger partial charge is 0.321 e. The number of carbonyl (C=O) groups excluding carboxylic acids is 2. The van der Waals surface area contributed by atoms with Gasteiger partial charge in [0.1, 0.15) is 0 Å². The Morgan fingerprint density at radius 1 is 1.00 bits per heavy atom. The predicted octanol–water partition coefficient (Wildman–Crippen LogP) is 5.96. The number of esters is 2. The second kappa shape index (κ2) is 8.11. The van der Waals surface area contributed by atoms with Crippen LogP contribution in [0.2, 0.25) is 10.0 Å². The number of hydrogen-bond acceptors (Lipinski definition) is 4. The molecule has 1 atom stereocenters. The molecule has 1 unspecified atom stereocenters. The first-order valence-corrected chi connectivity index (χ1v) is 8.88. The summed E-state index contributed by atoms with van der Waals surface area (Å²) in [5.41, 5.74) is 1.75. The fourth-order valence-corrected chi connectivity index (χ4v) is 3.20. The summed E-state index contributed by atoms with van der Waals surface area (Å²) in [7, 11) is 0. The molecule has 2 aromatic carbocycles. The summed E-state index contributed by atoms with van der Waals surface area (Å²) < 4.78 is 4.82. The molecule has 0 amide bonds. The van der Waals surface area contributed by atoms with Gasteiger partial charge in [0.2, 0.25) is 0 Å². The van der Waals surface area contributed by atoms with Gasteiger partial charge in [-0.1, -0.05) is 62.2 Å². The number of halogens is 2. The normalized spacial score (nSPS) is 12.4. The number of carbonyl (C=O) groups is 2. The largest absolute Gasteiger partial charge is 0.393 e. The van der Waals surface area contributed by atoms with Gasteiger partial charge < -0.3 is 10.1 Å². The molecule has 0 saturated heterocycles. The Balaban J connectivity index is 2.28. The molecule has 0 aliphatic rings. The molecular formula is C20H21Cl2NO3. The van der Waals surface area contributed by atoms with E-state index < -0.39 is 23.3 Å². The first-order valence-electron chi connectivity index (χ1n) is 8.13. The van der Waals surface area contributed by atoms with Gasteiger partial charge in [0.05, 0.1) is 21.7 Å². The maximum atomic E-state index is 12.4. The molecule has 1 N–H and O–H groups in total. The van der Waals surface area contributed by atoms with E-state index >= 15 is 0 Å². The number of para-hydroxylation sites is 1. The molecule has 4 nitrogen and oxygen atoms in total. The van der Waals surface area contributed by atoms with E-state index in [4.69, 9.17) is 27.9 Å². The third-order valence-electron chi connectivity index (χ3n) is 3.82. The average molecular weight is 394 g/mol. The van der Waals surface area contributed by atoms with Crippen molar-refractivity contribution in [2.45, 2.75) is 33.6 Å². The summed E-state index contributed by atoms with van der Waals surface area (Å²) >= 11 is 12.3. The van der Waals surface area contributed by atoms with Crippen LogP contribution in [0.3, 0.4) is 0 Å². The van der Waals surface area contributed by atoms with Crippen molar-refractivity contribution in [2.24, 2.45) is 5.41 Å². The molecule has 0 aromatic heterocycles. The van der Waals surface area contributed by atoms with E-state index in [0.29, 0.717) is 15.7 Å². The molecule has 138 valence electrons. The van der Waals surface area contributed by atoms with Gasteiger partial charge in [0.15, 0.2) is 0 Å². The first-order chi connectivity index (χ1) is 12.1. The molecule has 0 heterocycles. The summed E-state index contributed by atoms with van der Waals surface area (Å²) in [6.07, 6.45) is 0. The Morgan fingerprint density at radius 3 is 2.00 bits per heavy atom. The number of anilines is 2. The minimum Gasteiger partial charge on any atom is -0.393 e. The average Bonchev–Trinajstić information content (AvgIpc) is 2.50. The van der Waals surface area contributed by atoms with Crippen LogP contribution in [-0.4, -0.2) is 11.9 Å². The van der Waals surface area contributed by atoms with Crippen LogP contribution in [0.1, 0.15) is 39.2 Å². The molecule has 0 saturated carbocycles. The molecule has 26 heavy (non-hydrogen) atoms. The van der Waals surface area contributed by atoms with Gasteiger partial charge in [0.25, 0.3) is 0 Å². The molecule has 0 aliphatic carbocycles. The molecule has 0 radical (unpaired) electrons. The zero-order chi connectivity index (χ0) is 19.5. The summed E-state index contributed by atoms with van der Waals surface area (Å²) in [6.45, 7) is 7.00. The molecule has 2 aromatic rings. The number of rotatable bonds is 4. The van der Waals surface area contributed by atoms with Crippen molar-refractivity contribution >= 4 is 46.5 Å². The monoisotopic (exact) mass is 393 g/mol. The second-order valence-electron chi connectivity index (χ2n) is 7.06. The second-order valence-corrected chi connectivity index (χ2v) is 7.87. The lowest BCUT2D eigenvalue weighted by Gasteiger charge is -2.28. The van der Waals surface area contributed by atoms with Crippen molar-refractivity contribution in [1.29, 1.82) is 0 Å². The summed E-state index contributed by atoms with van der Waals surface area (Å²) in [5, 5.41) is 4.20. The minimum absolute atomic E-state index is 0.409. The Morgan fingerprint density at radius 2 is 1.54 bits per heavy atom. The summed E-state index contributed by atoms with van der Waals surface area (Å²) in [5.74, 6) is -1.74. The molecule has 0 fully saturated rings.